The molecule has 9 heteroatoms. The number of nitrogens with zero attached hydrogens (tertiary/aromatic N) is 2. The highest BCUT2D eigenvalue weighted by Crippen LogP contribution is 2.24. The van der Waals surface area contributed by atoms with Crippen molar-refractivity contribution in [1.82, 2.24) is 9.62 Å². The number of nitrogens with one attached hydrogen (secondary N) is 2. The van der Waals surface area contributed by atoms with Crippen LogP contribution in [-0.2, 0) is 14.8 Å². The summed E-state index contributed by atoms with van der Waals surface area (Å²) < 4.78 is 34.0. The molecule has 2 heterocycles. The standard InChI is InChI=1S/C25H32N4O4S/c1-18-8-9-19(2)23(15-18)33-21-10-13-29(14-11-21)17-25(30)27-20-5-3-6-22(16-20)34(31,32)28-24-7-4-12-26-24/h3,5-6,8-9,15-16,21H,4,7,10-14,17H2,1-2H3,(H,26,28)(H,27,30). The lowest BCUT2D eigenvalue weighted by molar-refractivity contribution is -0.117. The van der Waals surface area contributed by atoms with Gasteiger partial charge in [0.2, 0.25) is 5.91 Å². The molecule has 2 N–H and O–H groups in total. The molecule has 34 heavy (non-hydrogen) atoms. The van der Waals surface area contributed by atoms with Gasteiger partial charge >= 0.3 is 0 Å². The van der Waals surface area contributed by atoms with E-state index in [-0.39, 0.29) is 23.5 Å². The Kier molecular flexibility index (Phi) is 7.53. The molecule has 0 spiro atoms. The predicted octanol–water partition coefficient (Wildman–Crippen LogP) is 3.26. The number of piperidine rings is 1. The number of benzene rings is 2. The van der Waals surface area contributed by atoms with Gasteiger partial charge in [0.1, 0.15) is 17.7 Å². The summed E-state index contributed by atoms with van der Waals surface area (Å²) in [5.41, 5.74) is 2.76. The summed E-state index contributed by atoms with van der Waals surface area (Å²) in [7, 11) is -3.72. The third-order valence-corrected chi connectivity index (χ3v) is 7.47. The van der Waals surface area contributed by atoms with Gasteiger partial charge in [0, 0.05) is 31.7 Å². The molecule has 0 aliphatic carbocycles. The molecule has 1 saturated heterocycles. The molecule has 2 aliphatic rings. The van der Waals surface area contributed by atoms with Crippen molar-refractivity contribution in [3.8, 4) is 5.75 Å². The molecular formula is C25H32N4O4S. The second kappa shape index (κ2) is 10.6. The summed E-state index contributed by atoms with van der Waals surface area (Å²) in [5, 5.41) is 2.83. The molecular weight excluding hydrogens is 452 g/mol. The van der Waals surface area contributed by atoms with Crippen LogP contribution in [0.2, 0.25) is 0 Å². The summed E-state index contributed by atoms with van der Waals surface area (Å²) in [6.45, 7) is 6.53. The van der Waals surface area contributed by atoms with Gasteiger partial charge in [-0.15, -0.1) is 0 Å². The van der Waals surface area contributed by atoms with Gasteiger partial charge in [0.25, 0.3) is 10.0 Å². The molecule has 2 aromatic carbocycles. The van der Waals surface area contributed by atoms with Crippen molar-refractivity contribution in [2.24, 2.45) is 4.99 Å². The molecule has 1 amide bonds. The predicted molar refractivity (Wildman–Crippen MR) is 133 cm³/mol. The maximum atomic E-state index is 12.6. The van der Waals surface area contributed by atoms with Crippen LogP contribution in [0, 0.1) is 13.8 Å². The first-order valence-electron chi connectivity index (χ1n) is 11.7. The van der Waals surface area contributed by atoms with Gasteiger partial charge in [-0.2, -0.15) is 0 Å². The average Bonchev–Trinajstić information content (AvgIpc) is 3.30. The monoisotopic (exact) mass is 484 g/mol. The van der Waals surface area contributed by atoms with Gasteiger partial charge in [-0.3, -0.25) is 19.4 Å². The highest BCUT2D eigenvalue weighted by molar-refractivity contribution is 7.90. The van der Waals surface area contributed by atoms with Gasteiger partial charge in [-0.05, 0) is 68.5 Å². The number of amides is 1. The molecule has 4 rings (SSSR count). The minimum atomic E-state index is -3.72. The highest BCUT2D eigenvalue weighted by atomic mass is 32.2. The van der Waals surface area contributed by atoms with Crippen LogP contribution in [0.15, 0.2) is 52.4 Å². The second-order valence-corrected chi connectivity index (χ2v) is 10.7. The van der Waals surface area contributed by atoms with E-state index in [1.54, 1.807) is 12.1 Å². The summed E-state index contributed by atoms with van der Waals surface area (Å²) in [4.78, 5) is 19.0. The van der Waals surface area contributed by atoms with Crippen molar-refractivity contribution in [3.63, 3.8) is 0 Å². The first-order chi connectivity index (χ1) is 16.3. The number of sulfonamides is 1. The molecule has 2 aliphatic heterocycles. The fraction of sp³-hybridized carbons (Fsp3) is 0.440. The third-order valence-electron chi connectivity index (χ3n) is 6.09. The smallest absolute Gasteiger partial charge is 0.262 e. The number of rotatable bonds is 7. The molecule has 1 fully saturated rings. The molecule has 8 nitrogen and oxygen atoms in total. The van der Waals surface area contributed by atoms with E-state index in [1.165, 1.54) is 17.7 Å². The molecule has 2 aromatic rings. The summed E-state index contributed by atoms with van der Waals surface area (Å²) in [6.07, 6.45) is 3.32. The van der Waals surface area contributed by atoms with E-state index in [0.29, 0.717) is 24.5 Å². The van der Waals surface area contributed by atoms with E-state index in [9.17, 15) is 13.2 Å². The Morgan fingerprint density at radius 1 is 1.15 bits per heavy atom. The van der Waals surface area contributed by atoms with Crippen molar-refractivity contribution in [1.29, 1.82) is 0 Å². The number of hydrogen-bond acceptors (Lipinski definition) is 6. The normalized spacial score (nSPS) is 17.3. The third kappa shape index (κ3) is 6.36. The lowest BCUT2D eigenvalue weighted by Crippen LogP contribution is -2.42. The van der Waals surface area contributed by atoms with Crippen LogP contribution in [0.4, 0.5) is 5.69 Å². The molecule has 0 radical (unpaired) electrons. The maximum Gasteiger partial charge on any atom is 0.262 e. The number of aryl methyl sites for hydroxylation is 2. The number of hydrogen-bond donors (Lipinski definition) is 2. The van der Waals surface area contributed by atoms with E-state index >= 15 is 0 Å². The Morgan fingerprint density at radius 3 is 2.68 bits per heavy atom. The first kappa shape index (κ1) is 24.2. The largest absolute Gasteiger partial charge is 0.490 e. The quantitative estimate of drug-likeness (QED) is 0.628. The minimum Gasteiger partial charge on any atom is -0.490 e. The van der Waals surface area contributed by atoms with Crippen LogP contribution in [0.5, 0.6) is 5.75 Å². The van der Waals surface area contributed by atoms with Gasteiger partial charge in [0.15, 0.2) is 0 Å². The molecule has 182 valence electrons. The summed E-state index contributed by atoms with van der Waals surface area (Å²) in [6, 6.07) is 12.5. The topological polar surface area (TPSA) is 100 Å². The van der Waals surface area contributed by atoms with Gasteiger partial charge in [0.05, 0.1) is 11.4 Å². The summed E-state index contributed by atoms with van der Waals surface area (Å²) in [5.74, 6) is 1.25. The highest BCUT2D eigenvalue weighted by Gasteiger charge is 2.23. The number of anilines is 1. The molecule has 0 saturated carbocycles. The van der Waals surface area contributed by atoms with Crippen LogP contribution < -0.4 is 14.8 Å². The Hall–Kier alpha value is -2.91. The number of carbonyl (C=O) groups is 1. The lowest BCUT2D eigenvalue weighted by Gasteiger charge is -2.32. The van der Waals surface area contributed by atoms with Gasteiger partial charge in [-0.25, -0.2) is 8.42 Å². The molecule has 0 aromatic heterocycles. The first-order valence-corrected chi connectivity index (χ1v) is 13.2. The van der Waals surface area contributed by atoms with Crippen LogP contribution in [0.1, 0.15) is 36.8 Å². The molecule has 0 bridgehead atoms. The van der Waals surface area contributed by atoms with Crippen LogP contribution >= 0.6 is 0 Å². The average molecular weight is 485 g/mol. The summed E-state index contributed by atoms with van der Waals surface area (Å²) >= 11 is 0. The fourth-order valence-corrected chi connectivity index (χ4v) is 5.32. The van der Waals surface area contributed by atoms with Crippen LogP contribution in [0.25, 0.3) is 0 Å². The second-order valence-electron chi connectivity index (χ2n) is 8.98. The van der Waals surface area contributed by atoms with E-state index in [2.05, 4.69) is 45.1 Å². The number of amidine groups is 1. The van der Waals surface area contributed by atoms with E-state index < -0.39 is 10.0 Å². The lowest BCUT2D eigenvalue weighted by atomic mass is 10.1. The van der Waals surface area contributed by atoms with Gasteiger partial charge < -0.3 is 10.1 Å². The van der Waals surface area contributed by atoms with Crippen molar-refractivity contribution >= 4 is 27.5 Å². The van der Waals surface area contributed by atoms with Crippen molar-refractivity contribution in [2.75, 3.05) is 31.5 Å². The maximum absolute atomic E-state index is 12.6. The minimum absolute atomic E-state index is 0.101. The zero-order valence-electron chi connectivity index (χ0n) is 19.7. The van der Waals surface area contributed by atoms with E-state index in [4.69, 9.17) is 4.74 Å². The van der Waals surface area contributed by atoms with Crippen molar-refractivity contribution < 1.29 is 17.9 Å². The fourth-order valence-electron chi connectivity index (χ4n) is 4.18. The zero-order chi connectivity index (χ0) is 24.1. The molecule has 0 atom stereocenters. The zero-order valence-corrected chi connectivity index (χ0v) is 20.5. The number of likely N-dealkylation sites (tertiary alicyclic amines) is 1. The number of ether oxygens (including phenoxy) is 1. The molecule has 0 unspecified atom stereocenters. The van der Waals surface area contributed by atoms with Gasteiger partial charge in [-0.1, -0.05) is 18.2 Å². The van der Waals surface area contributed by atoms with E-state index in [1.807, 2.05) is 6.92 Å². The van der Waals surface area contributed by atoms with Crippen molar-refractivity contribution in [2.45, 2.75) is 50.5 Å². The number of aliphatic imine (C=N–C) groups is 1. The Morgan fingerprint density at radius 2 is 1.94 bits per heavy atom. The Balaban J connectivity index is 1.27. The Labute approximate surface area is 201 Å². The number of carbonyl (C=O) groups excluding carboxylic acids is 1. The Bertz CT molecular complexity index is 1170. The van der Waals surface area contributed by atoms with E-state index in [0.717, 1.165) is 43.7 Å². The van der Waals surface area contributed by atoms with Crippen molar-refractivity contribution in [3.05, 3.63) is 53.6 Å². The SMILES string of the molecule is Cc1ccc(C)c(OC2CCN(CC(=O)Nc3cccc(S(=O)(=O)NC4=NCCC4)c3)CC2)c1. The van der Waals surface area contributed by atoms with Crippen LogP contribution in [-0.4, -0.2) is 57.3 Å². The van der Waals surface area contributed by atoms with Crippen LogP contribution in [0.3, 0.4) is 0 Å².